The highest BCUT2D eigenvalue weighted by molar-refractivity contribution is 5.74. The first-order chi connectivity index (χ1) is 6.65. The predicted molar refractivity (Wildman–Crippen MR) is 55.1 cm³/mol. The quantitative estimate of drug-likeness (QED) is 0.708. The molecule has 0 radical (unpaired) electrons. The molecule has 1 aliphatic rings. The molecule has 0 aromatic carbocycles. The smallest absolute Gasteiger partial charge is 0.317 e. The van der Waals surface area contributed by atoms with Crippen LogP contribution in [0.1, 0.15) is 26.7 Å². The molecule has 1 rings (SSSR count). The van der Waals surface area contributed by atoms with Gasteiger partial charge in [-0.15, -0.1) is 0 Å². The summed E-state index contributed by atoms with van der Waals surface area (Å²) in [6.07, 6.45) is 2.22. The Morgan fingerprint density at radius 1 is 1.43 bits per heavy atom. The third-order valence-electron chi connectivity index (χ3n) is 2.89. The highest BCUT2D eigenvalue weighted by Crippen LogP contribution is 2.08. The minimum atomic E-state index is 0.00954. The molecule has 0 aromatic rings. The van der Waals surface area contributed by atoms with Crippen LogP contribution in [0.2, 0.25) is 0 Å². The molecule has 0 saturated carbocycles. The van der Waals surface area contributed by atoms with Crippen LogP contribution in [0.25, 0.3) is 0 Å². The van der Waals surface area contributed by atoms with E-state index in [0.29, 0.717) is 0 Å². The highest BCUT2D eigenvalue weighted by atomic mass is 16.3. The van der Waals surface area contributed by atoms with E-state index in [4.69, 9.17) is 5.11 Å². The Bertz CT molecular complexity index is 191. The number of urea groups is 1. The number of likely N-dealkylation sites (tertiary alicyclic amines) is 1. The Kier molecular flexibility index (Phi) is 4.20. The molecule has 0 aliphatic carbocycles. The molecule has 1 aliphatic heterocycles. The number of rotatable bonds is 3. The third-order valence-corrected chi connectivity index (χ3v) is 2.89. The van der Waals surface area contributed by atoms with E-state index in [1.54, 1.807) is 0 Å². The van der Waals surface area contributed by atoms with Crippen LogP contribution in [0.4, 0.5) is 4.79 Å². The Hall–Kier alpha value is -0.770. The van der Waals surface area contributed by atoms with E-state index in [0.717, 1.165) is 25.9 Å². The Labute approximate surface area is 85.3 Å². The second-order valence-electron chi connectivity index (χ2n) is 4.09. The van der Waals surface area contributed by atoms with Crippen molar-refractivity contribution < 1.29 is 9.90 Å². The largest absolute Gasteiger partial charge is 0.396 e. The van der Waals surface area contributed by atoms with E-state index in [-0.39, 0.29) is 24.6 Å². The summed E-state index contributed by atoms with van der Waals surface area (Å²) in [5.41, 5.74) is 0. The number of hydrogen-bond acceptors (Lipinski definition) is 2. The van der Waals surface area contributed by atoms with Crippen LogP contribution in [-0.2, 0) is 0 Å². The molecule has 4 heteroatoms. The second kappa shape index (κ2) is 5.20. The molecule has 0 aromatic heterocycles. The van der Waals surface area contributed by atoms with Crippen LogP contribution in [0, 0.1) is 5.92 Å². The van der Waals surface area contributed by atoms with Gasteiger partial charge in [0, 0.05) is 25.7 Å². The van der Waals surface area contributed by atoms with Gasteiger partial charge in [-0.2, -0.15) is 0 Å². The predicted octanol–water partition coefficient (Wildman–Crippen LogP) is 0.809. The van der Waals surface area contributed by atoms with Gasteiger partial charge in [0.1, 0.15) is 0 Å². The lowest BCUT2D eigenvalue weighted by molar-refractivity contribution is 0.184. The lowest BCUT2D eigenvalue weighted by Crippen LogP contribution is -2.45. The molecular formula is C10H20N2O2. The van der Waals surface area contributed by atoms with Gasteiger partial charge in [-0.1, -0.05) is 6.92 Å². The van der Waals surface area contributed by atoms with E-state index in [1.807, 2.05) is 18.7 Å². The van der Waals surface area contributed by atoms with Crippen LogP contribution in [0.3, 0.4) is 0 Å². The van der Waals surface area contributed by atoms with Gasteiger partial charge >= 0.3 is 6.03 Å². The maximum atomic E-state index is 11.6. The summed E-state index contributed by atoms with van der Waals surface area (Å²) < 4.78 is 0. The summed E-state index contributed by atoms with van der Waals surface area (Å²) in [4.78, 5) is 13.4. The fraction of sp³-hybridized carbons (Fsp3) is 0.900. The molecule has 14 heavy (non-hydrogen) atoms. The van der Waals surface area contributed by atoms with Crippen LogP contribution in [0.15, 0.2) is 0 Å². The van der Waals surface area contributed by atoms with Crippen LogP contribution < -0.4 is 5.32 Å². The summed E-state index contributed by atoms with van der Waals surface area (Å²) in [5.74, 6) is 0.113. The maximum Gasteiger partial charge on any atom is 0.317 e. The van der Waals surface area contributed by atoms with E-state index in [1.165, 1.54) is 0 Å². The number of nitrogens with zero attached hydrogens (tertiary/aromatic N) is 1. The maximum absolute atomic E-state index is 11.6. The number of aliphatic hydroxyl groups is 1. The van der Waals surface area contributed by atoms with E-state index >= 15 is 0 Å². The summed E-state index contributed by atoms with van der Waals surface area (Å²) in [5, 5.41) is 11.8. The van der Waals surface area contributed by atoms with Gasteiger partial charge in [-0.05, 0) is 25.7 Å². The highest BCUT2D eigenvalue weighted by Gasteiger charge is 2.20. The molecule has 0 spiro atoms. The van der Waals surface area contributed by atoms with Gasteiger partial charge in [0.25, 0.3) is 0 Å². The molecule has 1 saturated heterocycles. The van der Waals surface area contributed by atoms with Crippen molar-refractivity contribution in [2.45, 2.75) is 32.7 Å². The van der Waals surface area contributed by atoms with E-state index < -0.39 is 0 Å². The van der Waals surface area contributed by atoms with Crippen LogP contribution >= 0.6 is 0 Å². The first-order valence-corrected chi connectivity index (χ1v) is 5.31. The van der Waals surface area contributed by atoms with E-state index in [2.05, 4.69) is 5.32 Å². The summed E-state index contributed by atoms with van der Waals surface area (Å²) in [6.45, 7) is 5.70. The number of hydrogen-bond donors (Lipinski definition) is 2. The van der Waals surface area contributed by atoms with Crippen molar-refractivity contribution >= 4 is 6.03 Å². The Morgan fingerprint density at radius 3 is 2.50 bits per heavy atom. The van der Waals surface area contributed by atoms with Crippen molar-refractivity contribution in [3.8, 4) is 0 Å². The fourth-order valence-corrected chi connectivity index (χ4v) is 1.51. The molecule has 1 heterocycles. The molecule has 2 unspecified atom stereocenters. The van der Waals surface area contributed by atoms with Gasteiger partial charge in [-0.3, -0.25) is 0 Å². The minimum Gasteiger partial charge on any atom is -0.396 e. The summed E-state index contributed by atoms with van der Waals surface area (Å²) in [6, 6.07) is 0.0448. The molecule has 2 N–H and O–H groups in total. The molecule has 0 bridgehead atoms. The van der Waals surface area contributed by atoms with Gasteiger partial charge < -0.3 is 15.3 Å². The monoisotopic (exact) mass is 200 g/mol. The number of carbonyl (C=O) groups excluding carboxylic acids is 1. The zero-order valence-electron chi connectivity index (χ0n) is 8.99. The van der Waals surface area contributed by atoms with Crippen molar-refractivity contribution in [2.24, 2.45) is 5.92 Å². The average molecular weight is 200 g/mol. The van der Waals surface area contributed by atoms with Gasteiger partial charge in [0.15, 0.2) is 0 Å². The average Bonchev–Trinajstić information content (AvgIpc) is 2.69. The molecule has 4 nitrogen and oxygen atoms in total. The zero-order valence-corrected chi connectivity index (χ0v) is 8.99. The molecule has 2 amide bonds. The van der Waals surface area contributed by atoms with Crippen LogP contribution in [0.5, 0.6) is 0 Å². The van der Waals surface area contributed by atoms with Crippen molar-refractivity contribution in [2.75, 3.05) is 19.7 Å². The SMILES string of the molecule is CC(CO)C(C)NC(=O)N1CCCC1. The Balaban J connectivity index is 2.31. The number of nitrogens with one attached hydrogen (secondary N) is 1. The third kappa shape index (κ3) is 2.87. The summed E-state index contributed by atoms with van der Waals surface area (Å²) in [7, 11) is 0. The normalized spacial score (nSPS) is 20.6. The van der Waals surface area contributed by atoms with Crippen LogP contribution in [-0.4, -0.2) is 41.8 Å². The molecule has 1 fully saturated rings. The molecule has 82 valence electrons. The second-order valence-corrected chi connectivity index (χ2v) is 4.09. The zero-order chi connectivity index (χ0) is 10.6. The van der Waals surface area contributed by atoms with Gasteiger partial charge in [0.05, 0.1) is 0 Å². The van der Waals surface area contributed by atoms with Crippen molar-refractivity contribution in [1.82, 2.24) is 10.2 Å². The number of carbonyl (C=O) groups is 1. The van der Waals surface area contributed by atoms with E-state index in [9.17, 15) is 4.79 Å². The molecular weight excluding hydrogens is 180 g/mol. The topological polar surface area (TPSA) is 52.6 Å². The van der Waals surface area contributed by atoms with Gasteiger partial charge in [-0.25, -0.2) is 4.79 Å². The number of aliphatic hydroxyl groups excluding tert-OH is 1. The van der Waals surface area contributed by atoms with Crippen molar-refractivity contribution in [3.63, 3.8) is 0 Å². The van der Waals surface area contributed by atoms with Crippen molar-refractivity contribution in [3.05, 3.63) is 0 Å². The summed E-state index contributed by atoms with van der Waals surface area (Å²) >= 11 is 0. The van der Waals surface area contributed by atoms with Crippen molar-refractivity contribution in [1.29, 1.82) is 0 Å². The van der Waals surface area contributed by atoms with Gasteiger partial charge in [0.2, 0.25) is 0 Å². The fourth-order valence-electron chi connectivity index (χ4n) is 1.51. The first-order valence-electron chi connectivity index (χ1n) is 5.31. The standard InChI is InChI=1S/C10H20N2O2/c1-8(7-13)9(2)11-10(14)12-5-3-4-6-12/h8-9,13H,3-7H2,1-2H3,(H,11,14). The lowest BCUT2D eigenvalue weighted by Gasteiger charge is -2.23. The molecule has 2 atom stereocenters. The first kappa shape index (κ1) is 11.3. The minimum absolute atomic E-state index is 0.00954. The Morgan fingerprint density at radius 2 is 2.00 bits per heavy atom. The number of amides is 2. The lowest BCUT2D eigenvalue weighted by atomic mass is 10.1.